The summed E-state index contributed by atoms with van der Waals surface area (Å²) in [6.45, 7) is 6.17. The van der Waals surface area contributed by atoms with E-state index in [1.54, 1.807) is 31.0 Å². The van der Waals surface area contributed by atoms with Gasteiger partial charge in [0.2, 0.25) is 0 Å². The van der Waals surface area contributed by atoms with E-state index in [9.17, 15) is 9.90 Å². The van der Waals surface area contributed by atoms with Crippen LogP contribution in [-0.2, 0) is 0 Å². The number of nitrogens with zero attached hydrogens (tertiary/aromatic N) is 2. The molecule has 0 radical (unpaired) electrons. The lowest BCUT2D eigenvalue weighted by Crippen LogP contribution is -2.42. The Hall–Kier alpha value is -1.94. The van der Waals surface area contributed by atoms with Crippen LogP contribution in [0.3, 0.4) is 0 Å². The van der Waals surface area contributed by atoms with Gasteiger partial charge in [0.1, 0.15) is 0 Å². The van der Waals surface area contributed by atoms with Gasteiger partial charge in [0.25, 0.3) is 5.91 Å². The van der Waals surface area contributed by atoms with Gasteiger partial charge in [-0.2, -0.15) is 0 Å². The molecule has 0 atom stereocenters. The Balaban J connectivity index is 2.40. The first-order chi connectivity index (χ1) is 9.42. The molecule has 0 saturated heterocycles. The lowest BCUT2D eigenvalue weighted by molar-refractivity contribution is 0.0315. The summed E-state index contributed by atoms with van der Waals surface area (Å²) in [6.07, 6.45) is 1.65. The molecule has 0 aliphatic carbocycles. The van der Waals surface area contributed by atoms with Gasteiger partial charge in [-0.15, -0.1) is 0 Å². The Bertz CT molecular complexity index is 612. The molecular formula is C16H20N2O2. The molecule has 1 amide bonds. The van der Waals surface area contributed by atoms with Crippen molar-refractivity contribution in [1.29, 1.82) is 0 Å². The lowest BCUT2D eigenvalue weighted by Gasteiger charge is -2.28. The highest BCUT2D eigenvalue weighted by molar-refractivity contribution is 6.05. The molecule has 0 aliphatic rings. The van der Waals surface area contributed by atoms with Crippen molar-refractivity contribution in [3.63, 3.8) is 0 Å². The number of aromatic nitrogens is 1. The maximum atomic E-state index is 12.7. The number of hydrogen-bond acceptors (Lipinski definition) is 3. The van der Waals surface area contributed by atoms with Crippen molar-refractivity contribution in [1.82, 2.24) is 9.88 Å². The van der Waals surface area contributed by atoms with Gasteiger partial charge < -0.3 is 10.0 Å². The molecule has 4 nitrogen and oxygen atoms in total. The minimum absolute atomic E-state index is 0.0757. The standard InChI is InChI=1S/C16H20N2O2/c1-4-18(11-16(2,3)20)15(19)13-9-10-17-14-8-6-5-7-12(13)14/h5-10,20H,4,11H2,1-3H3. The fourth-order valence-corrected chi connectivity index (χ4v) is 2.25. The Kier molecular flexibility index (Phi) is 4.04. The molecule has 1 aromatic heterocycles. The van der Waals surface area contributed by atoms with Crippen LogP contribution in [0.1, 0.15) is 31.1 Å². The molecule has 0 bridgehead atoms. The van der Waals surface area contributed by atoms with Crippen molar-refractivity contribution < 1.29 is 9.90 Å². The molecule has 4 heteroatoms. The Morgan fingerprint density at radius 2 is 2.00 bits per heavy atom. The zero-order valence-electron chi connectivity index (χ0n) is 12.1. The van der Waals surface area contributed by atoms with Gasteiger partial charge in [-0.1, -0.05) is 18.2 Å². The van der Waals surface area contributed by atoms with Crippen molar-refractivity contribution in [2.75, 3.05) is 13.1 Å². The fraction of sp³-hybridized carbons (Fsp3) is 0.375. The molecule has 2 aromatic rings. The van der Waals surface area contributed by atoms with Gasteiger partial charge in [0, 0.05) is 24.7 Å². The Morgan fingerprint density at radius 1 is 1.30 bits per heavy atom. The molecule has 20 heavy (non-hydrogen) atoms. The van der Waals surface area contributed by atoms with E-state index in [1.165, 1.54) is 0 Å². The van der Waals surface area contributed by atoms with Crippen LogP contribution in [0.5, 0.6) is 0 Å². The second kappa shape index (κ2) is 5.59. The predicted molar refractivity (Wildman–Crippen MR) is 79.6 cm³/mol. The number of amides is 1. The monoisotopic (exact) mass is 272 g/mol. The number of carbonyl (C=O) groups excluding carboxylic acids is 1. The van der Waals surface area contributed by atoms with Crippen molar-refractivity contribution in [2.45, 2.75) is 26.4 Å². The van der Waals surface area contributed by atoms with E-state index in [0.717, 1.165) is 10.9 Å². The predicted octanol–water partition coefficient (Wildman–Crippen LogP) is 2.47. The number of hydrogen-bond donors (Lipinski definition) is 1. The van der Waals surface area contributed by atoms with Crippen molar-refractivity contribution in [3.8, 4) is 0 Å². The zero-order chi connectivity index (χ0) is 14.8. The third-order valence-electron chi connectivity index (χ3n) is 3.13. The normalized spacial score (nSPS) is 11.6. The summed E-state index contributed by atoms with van der Waals surface area (Å²) >= 11 is 0. The second-order valence-electron chi connectivity index (χ2n) is 5.51. The number of rotatable bonds is 4. The highest BCUT2D eigenvalue weighted by atomic mass is 16.3. The summed E-state index contributed by atoms with van der Waals surface area (Å²) < 4.78 is 0. The Morgan fingerprint density at radius 3 is 2.65 bits per heavy atom. The van der Waals surface area contributed by atoms with E-state index in [1.807, 2.05) is 31.2 Å². The van der Waals surface area contributed by atoms with Crippen LogP contribution in [-0.4, -0.2) is 39.6 Å². The smallest absolute Gasteiger partial charge is 0.254 e. The van der Waals surface area contributed by atoms with E-state index in [2.05, 4.69) is 4.98 Å². The van der Waals surface area contributed by atoms with E-state index in [4.69, 9.17) is 0 Å². The first kappa shape index (κ1) is 14.5. The molecule has 0 fully saturated rings. The van der Waals surface area contributed by atoms with Crippen molar-refractivity contribution in [2.24, 2.45) is 0 Å². The lowest BCUT2D eigenvalue weighted by atomic mass is 10.1. The van der Waals surface area contributed by atoms with Gasteiger partial charge in [-0.25, -0.2) is 0 Å². The maximum absolute atomic E-state index is 12.7. The van der Waals surface area contributed by atoms with Gasteiger partial charge in [0.15, 0.2) is 0 Å². The first-order valence-corrected chi connectivity index (χ1v) is 6.78. The molecule has 0 spiro atoms. The molecule has 0 unspecified atom stereocenters. The van der Waals surface area contributed by atoms with Crippen LogP contribution < -0.4 is 0 Å². The summed E-state index contributed by atoms with van der Waals surface area (Å²) in [7, 11) is 0. The number of benzene rings is 1. The Labute approximate surface area is 119 Å². The summed E-state index contributed by atoms with van der Waals surface area (Å²) in [6, 6.07) is 9.31. The number of carbonyl (C=O) groups is 1. The van der Waals surface area contributed by atoms with Crippen molar-refractivity contribution in [3.05, 3.63) is 42.1 Å². The highest BCUT2D eigenvalue weighted by Crippen LogP contribution is 2.19. The van der Waals surface area contributed by atoms with Gasteiger partial charge in [0.05, 0.1) is 16.7 Å². The van der Waals surface area contributed by atoms with Crippen LogP contribution in [0, 0.1) is 0 Å². The highest BCUT2D eigenvalue weighted by Gasteiger charge is 2.23. The van der Waals surface area contributed by atoms with Gasteiger partial charge in [-0.3, -0.25) is 9.78 Å². The van der Waals surface area contributed by atoms with Gasteiger partial charge >= 0.3 is 0 Å². The van der Waals surface area contributed by atoms with E-state index >= 15 is 0 Å². The summed E-state index contributed by atoms with van der Waals surface area (Å²) in [5.41, 5.74) is 0.522. The van der Waals surface area contributed by atoms with Crippen LogP contribution in [0.15, 0.2) is 36.5 Å². The third-order valence-corrected chi connectivity index (χ3v) is 3.13. The van der Waals surface area contributed by atoms with Crippen LogP contribution in [0.4, 0.5) is 0 Å². The summed E-state index contributed by atoms with van der Waals surface area (Å²) in [5, 5.41) is 10.8. The van der Waals surface area contributed by atoms with Crippen LogP contribution in [0.25, 0.3) is 10.9 Å². The largest absolute Gasteiger partial charge is 0.389 e. The van der Waals surface area contributed by atoms with Crippen LogP contribution >= 0.6 is 0 Å². The summed E-state index contributed by atoms with van der Waals surface area (Å²) in [4.78, 5) is 18.6. The number of para-hydroxylation sites is 1. The van der Waals surface area contributed by atoms with Gasteiger partial charge in [-0.05, 0) is 32.9 Å². The molecule has 1 aromatic carbocycles. The van der Waals surface area contributed by atoms with Crippen molar-refractivity contribution >= 4 is 16.8 Å². The first-order valence-electron chi connectivity index (χ1n) is 6.78. The number of likely N-dealkylation sites (N-methyl/N-ethyl adjacent to an activating group) is 1. The third kappa shape index (κ3) is 3.14. The molecule has 0 saturated carbocycles. The van der Waals surface area contributed by atoms with E-state index in [0.29, 0.717) is 18.7 Å². The van der Waals surface area contributed by atoms with Crippen LogP contribution in [0.2, 0.25) is 0 Å². The minimum Gasteiger partial charge on any atom is -0.389 e. The van der Waals surface area contributed by atoms with E-state index in [-0.39, 0.29) is 5.91 Å². The molecule has 2 rings (SSSR count). The average Bonchev–Trinajstić information content (AvgIpc) is 2.42. The second-order valence-corrected chi connectivity index (χ2v) is 5.51. The molecule has 1 heterocycles. The van der Waals surface area contributed by atoms with E-state index < -0.39 is 5.60 Å². The molecule has 106 valence electrons. The number of pyridine rings is 1. The summed E-state index contributed by atoms with van der Waals surface area (Å²) in [5.74, 6) is -0.0757. The maximum Gasteiger partial charge on any atom is 0.254 e. The number of aliphatic hydroxyl groups is 1. The quantitative estimate of drug-likeness (QED) is 0.930. The molecule has 1 N–H and O–H groups in total. The molecule has 0 aliphatic heterocycles. The minimum atomic E-state index is -0.908. The topological polar surface area (TPSA) is 53.4 Å². The number of fused-ring (bicyclic) bond motifs is 1. The zero-order valence-corrected chi connectivity index (χ0v) is 12.1. The average molecular weight is 272 g/mol. The SMILES string of the molecule is CCN(CC(C)(C)O)C(=O)c1ccnc2ccccc12. The fourth-order valence-electron chi connectivity index (χ4n) is 2.25. The molecular weight excluding hydrogens is 252 g/mol.